The maximum absolute atomic E-state index is 14.1. The first-order valence-electron chi connectivity index (χ1n) is 9.01. The summed E-state index contributed by atoms with van der Waals surface area (Å²) in [4.78, 5) is 16.1. The molecule has 12 heteroatoms. The van der Waals surface area contributed by atoms with Crippen molar-refractivity contribution in [2.24, 2.45) is 9.50 Å². The minimum Gasteiger partial charge on any atom is -0.305 e. The smallest absolute Gasteiger partial charge is 0.305 e. The third-order valence-corrected chi connectivity index (χ3v) is 5.96. The second kappa shape index (κ2) is 7.17. The molecule has 2 aliphatic rings. The Morgan fingerprint density at radius 2 is 2.10 bits per heavy atom. The van der Waals surface area contributed by atoms with Crippen molar-refractivity contribution in [3.63, 3.8) is 0 Å². The average Bonchev–Trinajstić information content (AvgIpc) is 3.23. The van der Waals surface area contributed by atoms with Crippen LogP contribution in [0.25, 0.3) is 0 Å². The summed E-state index contributed by atoms with van der Waals surface area (Å²) < 4.78 is 59.2. The number of rotatable bonds is 3. The van der Waals surface area contributed by atoms with Crippen LogP contribution in [0.4, 0.5) is 28.0 Å². The van der Waals surface area contributed by atoms with Gasteiger partial charge >= 0.3 is 12.2 Å². The largest absolute Gasteiger partial charge is 0.433 e. The van der Waals surface area contributed by atoms with Gasteiger partial charge in [-0.1, -0.05) is 0 Å². The molecule has 0 aromatic carbocycles. The lowest BCUT2D eigenvalue weighted by Crippen LogP contribution is -2.19. The highest BCUT2D eigenvalue weighted by Crippen LogP contribution is 2.39. The van der Waals surface area contributed by atoms with E-state index in [1.54, 1.807) is 0 Å². The highest BCUT2D eigenvalue weighted by atomic mass is 32.2. The van der Waals surface area contributed by atoms with Gasteiger partial charge in [-0.25, -0.2) is 14.2 Å². The van der Waals surface area contributed by atoms with Crippen molar-refractivity contribution in [1.82, 2.24) is 14.8 Å². The van der Waals surface area contributed by atoms with E-state index in [1.807, 2.05) is 0 Å². The molecule has 0 spiro atoms. The fourth-order valence-electron chi connectivity index (χ4n) is 3.41. The Hall–Kier alpha value is -2.34. The van der Waals surface area contributed by atoms with Crippen LogP contribution in [0.5, 0.6) is 0 Å². The first-order valence-corrected chi connectivity index (χ1v) is 10.3. The Bertz CT molecular complexity index is 1030. The first-order chi connectivity index (χ1) is 13.6. The molecule has 0 aliphatic heterocycles. The summed E-state index contributed by atoms with van der Waals surface area (Å²) in [5.41, 5.74) is -0.272. The molecule has 1 fully saturated rings. The van der Waals surface area contributed by atoms with Crippen LogP contribution >= 0.6 is 0 Å². The minimum atomic E-state index is -4.64. The average molecular weight is 430 g/mol. The second-order valence-electron chi connectivity index (χ2n) is 7.07. The zero-order chi connectivity index (χ0) is 20.9. The lowest BCUT2D eigenvalue weighted by molar-refractivity contribution is -0.141. The van der Waals surface area contributed by atoms with E-state index in [0.717, 1.165) is 12.8 Å². The molecule has 0 saturated heterocycles. The molecule has 2 aliphatic carbocycles. The Labute approximate surface area is 165 Å². The molecular weight excluding hydrogens is 412 g/mol. The summed E-state index contributed by atoms with van der Waals surface area (Å²) in [5.74, 6) is -0.667. The molecule has 29 heavy (non-hydrogen) atoms. The maximum Gasteiger partial charge on any atom is 0.433 e. The van der Waals surface area contributed by atoms with Gasteiger partial charge in [0.2, 0.25) is 0 Å². The Balaban J connectivity index is 1.63. The van der Waals surface area contributed by atoms with E-state index >= 15 is 0 Å². The molecule has 0 bridgehead atoms. The molecule has 1 saturated carbocycles. The number of carbonyl (C=O) groups excluding carboxylic acids is 1. The standard InChI is InChI=1S/C17H18F4N6OS/c1-8-13(10-3-2-4-12(10)23-14(8)17(19,20)21)24-16(28)26-29(22)15-11(18)7-27(25-15)9-5-6-9/h7,9H,2-6H2,1H3,(H3,22,23,24,26,28). The molecular formula is C17H18F4N6OS. The quantitative estimate of drug-likeness (QED) is 0.723. The third kappa shape index (κ3) is 3.90. The fraction of sp³-hybridized carbons (Fsp3) is 0.471. The predicted octanol–water partition coefficient (Wildman–Crippen LogP) is 3.83. The van der Waals surface area contributed by atoms with Gasteiger partial charge in [0, 0.05) is 22.1 Å². The molecule has 2 amide bonds. The monoisotopic (exact) mass is 430 g/mol. The van der Waals surface area contributed by atoms with E-state index < -0.39 is 34.6 Å². The number of aromatic nitrogens is 3. The molecule has 2 heterocycles. The fourth-order valence-corrected chi connectivity index (χ4v) is 4.15. The number of urea groups is 1. The summed E-state index contributed by atoms with van der Waals surface area (Å²) in [6.45, 7) is 1.25. The van der Waals surface area contributed by atoms with Crippen LogP contribution in [0.3, 0.4) is 0 Å². The topological polar surface area (TPSA) is 98.2 Å². The maximum atomic E-state index is 14.1. The van der Waals surface area contributed by atoms with Crippen molar-refractivity contribution in [1.29, 1.82) is 0 Å². The lowest BCUT2D eigenvalue weighted by atomic mass is 10.1. The number of nitrogens with two attached hydrogens (primary N) is 1. The number of carbonyl (C=O) groups is 1. The van der Waals surface area contributed by atoms with Crippen molar-refractivity contribution in [2.75, 3.05) is 5.32 Å². The van der Waals surface area contributed by atoms with Crippen LogP contribution in [-0.4, -0.2) is 20.8 Å². The molecule has 2 aromatic rings. The van der Waals surface area contributed by atoms with Gasteiger partial charge in [0.15, 0.2) is 10.8 Å². The van der Waals surface area contributed by atoms with Gasteiger partial charge in [0.25, 0.3) is 0 Å². The molecule has 7 nitrogen and oxygen atoms in total. The third-order valence-electron chi connectivity index (χ3n) is 4.92. The number of nitrogens with zero attached hydrogens (tertiary/aromatic N) is 4. The van der Waals surface area contributed by atoms with Crippen molar-refractivity contribution < 1.29 is 22.4 Å². The van der Waals surface area contributed by atoms with Crippen LogP contribution in [0.2, 0.25) is 0 Å². The normalized spacial score (nSPS) is 17.4. The van der Waals surface area contributed by atoms with Crippen LogP contribution in [-0.2, 0) is 29.9 Å². The highest BCUT2D eigenvalue weighted by molar-refractivity contribution is 7.85. The summed E-state index contributed by atoms with van der Waals surface area (Å²) in [5, 5.41) is 12.1. The predicted molar refractivity (Wildman–Crippen MR) is 97.7 cm³/mol. The van der Waals surface area contributed by atoms with Crippen LogP contribution < -0.4 is 10.5 Å². The number of hydrogen-bond donors (Lipinski definition) is 2. The van der Waals surface area contributed by atoms with Gasteiger partial charge < -0.3 is 5.32 Å². The van der Waals surface area contributed by atoms with Crippen molar-refractivity contribution in [3.05, 3.63) is 34.5 Å². The van der Waals surface area contributed by atoms with E-state index in [1.165, 1.54) is 17.8 Å². The van der Waals surface area contributed by atoms with Crippen molar-refractivity contribution in [3.8, 4) is 0 Å². The summed E-state index contributed by atoms with van der Waals surface area (Å²) >= 11 is 0. The first kappa shape index (κ1) is 20.0. The van der Waals surface area contributed by atoms with E-state index in [2.05, 4.69) is 19.8 Å². The minimum absolute atomic E-state index is 0.0505. The number of amides is 2. The van der Waals surface area contributed by atoms with Gasteiger partial charge in [0.05, 0.1) is 17.9 Å². The number of nitrogens with one attached hydrogen (secondary N) is 1. The van der Waals surface area contributed by atoms with Crippen molar-refractivity contribution in [2.45, 2.75) is 56.3 Å². The number of aryl methyl sites for hydroxylation is 1. The Morgan fingerprint density at radius 3 is 2.76 bits per heavy atom. The number of fused-ring (bicyclic) bond motifs is 1. The Kier molecular flexibility index (Phi) is 4.93. The molecule has 2 aromatic heterocycles. The van der Waals surface area contributed by atoms with E-state index in [0.29, 0.717) is 30.5 Å². The van der Waals surface area contributed by atoms with Gasteiger partial charge in [-0.2, -0.15) is 18.3 Å². The van der Waals surface area contributed by atoms with Gasteiger partial charge in [0.1, 0.15) is 5.69 Å². The number of pyridine rings is 1. The molecule has 1 atom stereocenters. The van der Waals surface area contributed by atoms with Gasteiger partial charge in [-0.05, 0) is 44.6 Å². The second-order valence-corrected chi connectivity index (χ2v) is 8.26. The lowest BCUT2D eigenvalue weighted by Gasteiger charge is -2.17. The summed E-state index contributed by atoms with van der Waals surface area (Å²) in [6.07, 6.45) is -0.0866. The highest BCUT2D eigenvalue weighted by Gasteiger charge is 2.37. The van der Waals surface area contributed by atoms with Gasteiger partial charge in [-0.15, -0.1) is 4.36 Å². The van der Waals surface area contributed by atoms with E-state index in [4.69, 9.17) is 5.14 Å². The number of alkyl halides is 3. The van der Waals surface area contributed by atoms with Gasteiger partial charge in [-0.3, -0.25) is 9.82 Å². The number of anilines is 1. The summed E-state index contributed by atoms with van der Waals surface area (Å²) in [7, 11) is -1.68. The van der Waals surface area contributed by atoms with Crippen molar-refractivity contribution >= 4 is 22.6 Å². The SMILES string of the molecule is Cc1c(C(F)(F)F)nc2c(c1NC(=O)N=S(N)c1nn(C3CC3)cc1F)CCC2. The molecule has 4 rings (SSSR count). The summed E-state index contributed by atoms with van der Waals surface area (Å²) in [6, 6.07) is -0.820. The zero-order valence-corrected chi connectivity index (χ0v) is 16.2. The van der Waals surface area contributed by atoms with E-state index in [-0.39, 0.29) is 22.3 Å². The molecule has 3 N–H and O–H groups in total. The molecule has 1 unspecified atom stereocenters. The Morgan fingerprint density at radius 1 is 1.38 bits per heavy atom. The molecule has 0 radical (unpaired) electrons. The number of halogens is 4. The van der Waals surface area contributed by atoms with Crippen LogP contribution in [0.15, 0.2) is 15.6 Å². The van der Waals surface area contributed by atoms with E-state index in [9.17, 15) is 22.4 Å². The van der Waals surface area contributed by atoms with Crippen LogP contribution in [0, 0.1) is 12.7 Å². The van der Waals surface area contributed by atoms with Crippen LogP contribution in [0.1, 0.15) is 47.8 Å². The zero-order valence-electron chi connectivity index (χ0n) is 15.4. The number of hydrogen-bond acceptors (Lipinski definition) is 3. The molecule has 156 valence electrons.